The van der Waals surface area contributed by atoms with E-state index in [0.29, 0.717) is 55.5 Å². The lowest BCUT2D eigenvalue weighted by Crippen LogP contribution is -2.42. The van der Waals surface area contributed by atoms with Crippen molar-refractivity contribution >= 4 is 15.7 Å². The van der Waals surface area contributed by atoms with Crippen LogP contribution >= 0.6 is 0 Å². The second-order valence-corrected chi connectivity index (χ2v) is 10.6. The number of hydrogen-bond acceptors (Lipinski definition) is 5. The van der Waals surface area contributed by atoms with E-state index in [-0.39, 0.29) is 10.6 Å². The van der Waals surface area contributed by atoms with Gasteiger partial charge in [0.25, 0.3) is 10.0 Å². The van der Waals surface area contributed by atoms with Gasteiger partial charge in [-0.3, -0.25) is 4.31 Å². The summed E-state index contributed by atoms with van der Waals surface area (Å²) < 4.78 is 79.1. The molecule has 0 amide bonds. The van der Waals surface area contributed by atoms with Crippen LogP contribution in [0.25, 0.3) is 0 Å². The smallest absolute Gasteiger partial charge is 0.416 e. The van der Waals surface area contributed by atoms with E-state index in [1.54, 1.807) is 6.92 Å². The van der Waals surface area contributed by atoms with Crippen molar-refractivity contribution in [1.29, 1.82) is 0 Å². The first-order chi connectivity index (χ1) is 16.1. The minimum absolute atomic E-state index is 0.0467. The molecule has 34 heavy (non-hydrogen) atoms. The summed E-state index contributed by atoms with van der Waals surface area (Å²) in [5.74, 6) is 0.742. The molecule has 186 valence electrons. The molecule has 0 spiro atoms. The first-order valence-electron chi connectivity index (χ1n) is 11.3. The molecule has 2 aromatic carbocycles. The molecule has 1 saturated heterocycles. The van der Waals surface area contributed by atoms with E-state index in [0.717, 1.165) is 25.0 Å². The van der Waals surface area contributed by atoms with Crippen LogP contribution in [0.1, 0.15) is 42.9 Å². The van der Waals surface area contributed by atoms with E-state index in [1.165, 1.54) is 28.6 Å². The molecule has 0 bridgehead atoms. The van der Waals surface area contributed by atoms with Crippen molar-refractivity contribution in [1.82, 2.24) is 0 Å². The third kappa shape index (κ3) is 5.04. The average Bonchev–Trinajstić information content (AvgIpc) is 2.82. The van der Waals surface area contributed by atoms with Crippen molar-refractivity contribution in [3.63, 3.8) is 0 Å². The van der Waals surface area contributed by atoms with Gasteiger partial charge >= 0.3 is 6.18 Å². The largest absolute Gasteiger partial charge is 0.493 e. The number of sulfonamides is 1. The Morgan fingerprint density at radius 1 is 1.12 bits per heavy atom. The predicted octanol–water partition coefficient (Wildman–Crippen LogP) is 4.53. The zero-order valence-corrected chi connectivity index (χ0v) is 19.7. The second-order valence-electron chi connectivity index (χ2n) is 8.82. The highest BCUT2D eigenvalue weighted by Crippen LogP contribution is 2.39. The zero-order chi connectivity index (χ0) is 24.5. The van der Waals surface area contributed by atoms with E-state index < -0.39 is 34.4 Å². The molecule has 0 aromatic heterocycles. The van der Waals surface area contributed by atoms with Gasteiger partial charge < -0.3 is 14.6 Å². The fourth-order valence-electron chi connectivity index (χ4n) is 4.48. The Morgan fingerprint density at radius 2 is 1.85 bits per heavy atom. The van der Waals surface area contributed by atoms with Crippen molar-refractivity contribution in [2.45, 2.75) is 56.3 Å². The number of aryl methyl sites for hydroxylation is 1. The third-order valence-electron chi connectivity index (χ3n) is 6.45. The monoisotopic (exact) mass is 499 g/mol. The molecule has 6 nitrogen and oxygen atoms in total. The van der Waals surface area contributed by atoms with E-state index in [4.69, 9.17) is 9.47 Å². The van der Waals surface area contributed by atoms with E-state index >= 15 is 0 Å². The molecule has 2 aliphatic heterocycles. The summed E-state index contributed by atoms with van der Waals surface area (Å²) in [6.45, 7) is 3.13. The lowest BCUT2D eigenvalue weighted by molar-refractivity contribution is -0.137. The van der Waals surface area contributed by atoms with Gasteiger partial charge in [0, 0.05) is 24.8 Å². The molecule has 10 heteroatoms. The molecule has 4 rings (SSSR count). The van der Waals surface area contributed by atoms with Crippen LogP contribution in [0.3, 0.4) is 0 Å². The Kier molecular flexibility index (Phi) is 7.12. The van der Waals surface area contributed by atoms with E-state index in [2.05, 4.69) is 0 Å². The van der Waals surface area contributed by atoms with Gasteiger partial charge in [-0.1, -0.05) is 0 Å². The summed E-state index contributed by atoms with van der Waals surface area (Å²) in [5.41, 5.74) is 0.129. The summed E-state index contributed by atoms with van der Waals surface area (Å²) in [6.07, 6.45) is -2.00. The van der Waals surface area contributed by atoms with E-state index in [1.807, 2.05) is 0 Å². The maximum atomic E-state index is 13.6. The number of fused-ring (bicyclic) bond motifs is 1. The van der Waals surface area contributed by atoms with Crippen molar-refractivity contribution in [3.8, 4) is 5.75 Å². The van der Waals surface area contributed by atoms with Gasteiger partial charge in [0.05, 0.1) is 29.4 Å². The summed E-state index contributed by atoms with van der Waals surface area (Å²) in [7, 11) is -4.09. The predicted molar refractivity (Wildman–Crippen MR) is 120 cm³/mol. The number of nitrogens with zero attached hydrogens (tertiary/aromatic N) is 1. The van der Waals surface area contributed by atoms with Crippen LogP contribution in [-0.4, -0.2) is 39.4 Å². The summed E-state index contributed by atoms with van der Waals surface area (Å²) >= 11 is 0. The van der Waals surface area contributed by atoms with Crippen LogP contribution in [0.4, 0.5) is 18.9 Å². The molecule has 0 aliphatic carbocycles. The van der Waals surface area contributed by atoms with Gasteiger partial charge in [-0.15, -0.1) is 0 Å². The third-order valence-corrected chi connectivity index (χ3v) is 8.37. The number of aliphatic hydroxyl groups is 1. The van der Waals surface area contributed by atoms with Crippen LogP contribution in [0, 0.1) is 5.92 Å². The number of aliphatic hydroxyl groups excluding tert-OH is 1. The van der Waals surface area contributed by atoms with Crippen LogP contribution in [0.15, 0.2) is 41.3 Å². The molecular weight excluding hydrogens is 471 g/mol. The van der Waals surface area contributed by atoms with Crippen LogP contribution in [-0.2, 0) is 34.0 Å². The van der Waals surface area contributed by atoms with Gasteiger partial charge in [-0.25, -0.2) is 8.42 Å². The Hall–Kier alpha value is -2.30. The van der Waals surface area contributed by atoms with Crippen molar-refractivity contribution in [2.75, 3.05) is 24.1 Å². The number of halogens is 3. The number of alkyl halides is 3. The van der Waals surface area contributed by atoms with Gasteiger partial charge in [-0.05, 0) is 80.5 Å². The number of ether oxygens (including phenoxy) is 2. The topological polar surface area (TPSA) is 76.1 Å². The zero-order valence-electron chi connectivity index (χ0n) is 18.8. The van der Waals surface area contributed by atoms with Gasteiger partial charge in [-0.2, -0.15) is 13.2 Å². The number of rotatable bonds is 6. The first kappa shape index (κ1) is 24.8. The Morgan fingerprint density at radius 3 is 2.53 bits per heavy atom. The molecular formula is C24H28F3NO5S. The minimum Gasteiger partial charge on any atom is -0.493 e. The van der Waals surface area contributed by atoms with Crippen molar-refractivity contribution in [3.05, 3.63) is 53.1 Å². The Bertz CT molecular complexity index is 1130. The summed E-state index contributed by atoms with van der Waals surface area (Å²) in [5, 5.41) is 9.86. The van der Waals surface area contributed by atoms with Crippen molar-refractivity contribution < 1.29 is 36.2 Å². The lowest BCUT2D eigenvalue weighted by atomic mass is 9.97. The minimum atomic E-state index is -4.50. The van der Waals surface area contributed by atoms with Crippen LogP contribution in [0.5, 0.6) is 5.75 Å². The summed E-state index contributed by atoms with van der Waals surface area (Å²) in [4.78, 5) is -0.0467. The normalized spacial score (nSPS) is 19.7. The summed E-state index contributed by atoms with van der Waals surface area (Å²) in [6, 6.07) is 7.04. The average molecular weight is 500 g/mol. The highest BCUT2D eigenvalue weighted by molar-refractivity contribution is 7.92. The maximum Gasteiger partial charge on any atom is 0.416 e. The van der Waals surface area contributed by atoms with Gasteiger partial charge in [0.1, 0.15) is 5.75 Å². The van der Waals surface area contributed by atoms with E-state index in [9.17, 15) is 26.7 Å². The quantitative estimate of drug-likeness (QED) is 0.632. The second kappa shape index (κ2) is 9.75. The van der Waals surface area contributed by atoms with Gasteiger partial charge in [0.15, 0.2) is 0 Å². The standard InChI is InChI=1S/C24H28F3NO5S/c1-16-2-3-18-12-20(24(25,26)27)4-6-22(18)28(16)34(30,31)21-5-7-23(19(13-21)14-29)33-15-17-8-10-32-11-9-17/h4-7,12-13,16-17,29H,2-3,8-11,14-15H2,1H3/t16-/m0/s1. The Balaban J connectivity index is 1.62. The van der Waals surface area contributed by atoms with Crippen LogP contribution < -0.4 is 9.04 Å². The highest BCUT2D eigenvalue weighted by atomic mass is 32.2. The van der Waals surface area contributed by atoms with Crippen LogP contribution in [0.2, 0.25) is 0 Å². The lowest BCUT2D eigenvalue weighted by Gasteiger charge is -2.36. The molecule has 1 N–H and O–H groups in total. The molecule has 2 heterocycles. The highest BCUT2D eigenvalue weighted by Gasteiger charge is 2.37. The molecule has 0 radical (unpaired) electrons. The number of hydrogen-bond donors (Lipinski definition) is 1. The molecule has 0 saturated carbocycles. The first-order valence-corrected chi connectivity index (χ1v) is 12.7. The fourth-order valence-corrected chi connectivity index (χ4v) is 6.25. The fraction of sp³-hybridized carbons (Fsp3) is 0.500. The molecule has 1 atom stereocenters. The number of benzene rings is 2. The van der Waals surface area contributed by atoms with Crippen molar-refractivity contribution in [2.24, 2.45) is 5.92 Å². The molecule has 1 fully saturated rings. The van der Waals surface area contributed by atoms with Gasteiger partial charge in [0.2, 0.25) is 0 Å². The SMILES string of the molecule is C[C@H]1CCc2cc(C(F)(F)F)ccc2N1S(=O)(=O)c1ccc(OCC2CCOCC2)c(CO)c1. The molecule has 2 aromatic rings. The maximum absolute atomic E-state index is 13.6. The number of anilines is 1. The molecule has 0 unspecified atom stereocenters. The molecule has 2 aliphatic rings. The Labute approximate surface area is 197 Å².